The number of hydrogen-bond donors (Lipinski definition) is 0. The van der Waals surface area contributed by atoms with Crippen LogP contribution in [0.3, 0.4) is 0 Å². The fourth-order valence-corrected chi connectivity index (χ4v) is 10.6. The van der Waals surface area contributed by atoms with Gasteiger partial charge in [0.1, 0.15) is 0 Å². The highest BCUT2D eigenvalue weighted by Gasteiger charge is 2.62. The summed E-state index contributed by atoms with van der Waals surface area (Å²) in [6.45, 7) is 20.6. The lowest BCUT2D eigenvalue weighted by atomic mass is 9.50. The van der Waals surface area contributed by atoms with Crippen molar-refractivity contribution in [1.82, 2.24) is 0 Å². The predicted octanol–water partition coefficient (Wildman–Crippen LogP) is 10.0. The first-order valence-electron chi connectivity index (χ1n) is 15.0. The van der Waals surface area contributed by atoms with Crippen LogP contribution in [-0.2, 0) is 0 Å². The number of hydrogen-bond acceptors (Lipinski definition) is 0. The lowest BCUT2D eigenvalue weighted by molar-refractivity contribution is 0.0235. The summed E-state index contributed by atoms with van der Waals surface area (Å²) < 4.78 is 0. The van der Waals surface area contributed by atoms with Crippen molar-refractivity contribution in [2.45, 2.75) is 126 Å². The first kappa shape index (κ1) is 24.2. The first-order valence-corrected chi connectivity index (χ1v) is 15.0. The molecule has 10 atom stereocenters. The van der Waals surface area contributed by atoms with Crippen molar-refractivity contribution in [3.63, 3.8) is 0 Å². The minimum absolute atomic E-state index is 0.476. The molecule has 0 N–H and O–H groups in total. The second-order valence-corrected chi connectivity index (χ2v) is 14.4. The number of fused-ring (bicyclic) bond motifs is 5. The van der Waals surface area contributed by atoms with E-state index in [0.717, 1.165) is 41.4 Å². The standard InChI is InChI=1S/C33H54/c1-9-21(3)17-26-20-33(23(5)22(26)4)16-13-29-28(24(33)6)19-30-31(7)14-11-25(10-2)18-27(31)12-15-32(29,30)8/h12,21-23,25-26,29-30H,9-11,13-20H2,1-8H3/t21?,22?,23-,25?,26?,29?,30?,31?,32?,33?/m1/s1. The Hall–Kier alpha value is -0.520. The maximum Gasteiger partial charge on any atom is -0.00569 e. The second kappa shape index (κ2) is 8.27. The van der Waals surface area contributed by atoms with Gasteiger partial charge in [0, 0.05) is 0 Å². The molecule has 5 aliphatic carbocycles. The van der Waals surface area contributed by atoms with Crippen molar-refractivity contribution in [3.8, 4) is 0 Å². The van der Waals surface area contributed by atoms with Crippen LogP contribution in [0, 0.1) is 57.7 Å². The van der Waals surface area contributed by atoms with Crippen molar-refractivity contribution >= 4 is 0 Å². The van der Waals surface area contributed by atoms with E-state index in [0.29, 0.717) is 16.2 Å². The fourth-order valence-electron chi connectivity index (χ4n) is 10.6. The summed E-state index contributed by atoms with van der Waals surface area (Å²) >= 11 is 0. The van der Waals surface area contributed by atoms with Crippen LogP contribution in [-0.4, -0.2) is 0 Å². The topological polar surface area (TPSA) is 0 Å². The minimum atomic E-state index is 0.476. The molecule has 0 amide bonds. The number of rotatable bonds is 4. The molecule has 0 nitrogen and oxygen atoms in total. The van der Waals surface area contributed by atoms with E-state index in [1.54, 1.807) is 0 Å². The highest BCUT2D eigenvalue weighted by molar-refractivity contribution is 5.39. The molecule has 186 valence electrons. The maximum absolute atomic E-state index is 2.77. The Kier molecular flexibility index (Phi) is 6.06. The summed E-state index contributed by atoms with van der Waals surface area (Å²) in [5, 5.41) is 0. The van der Waals surface area contributed by atoms with Gasteiger partial charge in [-0.3, -0.25) is 0 Å². The monoisotopic (exact) mass is 450 g/mol. The zero-order valence-electron chi connectivity index (χ0n) is 23.4. The Balaban J connectivity index is 1.47. The third-order valence-electron chi connectivity index (χ3n) is 13.4. The van der Waals surface area contributed by atoms with Gasteiger partial charge in [-0.25, -0.2) is 0 Å². The van der Waals surface area contributed by atoms with Crippen LogP contribution in [0.1, 0.15) is 126 Å². The van der Waals surface area contributed by atoms with E-state index in [1.807, 2.05) is 16.7 Å². The van der Waals surface area contributed by atoms with E-state index < -0.39 is 0 Å². The Morgan fingerprint density at radius 2 is 1.82 bits per heavy atom. The largest absolute Gasteiger partial charge is 0.0842 e. The molecule has 0 bridgehead atoms. The fraction of sp³-hybridized carbons (Fsp3) is 0.879. The third kappa shape index (κ3) is 3.34. The Bertz CT molecular complexity index is 829. The van der Waals surface area contributed by atoms with Gasteiger partial charge in [-0.1, -0.05) is 84.1 Å². The average molecular weight is 451 g/mol. The van der Waals surface area contributed by atoms with Crippen LogP contribution in [0.4, 0.5) is 0 Å². The Morgan fingerprint density at radius 3 is 2.52 bits per heavy atom. The van der Waals surface area contributed by atoms with Crippen LogP contribution < -0.4 is 0 Å². The lowest BCUT2D eigenvalue weighted by Crippen LogP contribution is -2.46. The third-order valence-corrected chi connectivity index (χ3v) is 13.4. The molecule has 5 rings (SSSR count). The molecule has 3 saturated carbocycles. The summed E-state index contributed by atoms with van der Waals surface area (Å²) in [5.41, 5.74) is 7.23. The minimum Gasteiger partial charge on any atom is -0.0842 e. The second-order valence-electron chi connectivity index (χ2n) is 14.4. The van der Waals surface area contributed by atoms with Crippen LogP contribution in [0.15, 0.2) is 22.8 Å². The average Bonchev–Trinajstić information content (AvgIpc) is 3.24. The summed E-state index contributed by atoms with van der Waals surface area (Å²) in [5.74, 6) is 6.28. The van der Waals surface area contributed by atoms with Crippen LogP contribution in [0.5, 0.6) is 0 Å². The molecule has 0 aromatic heterocycles. The lowest BCUT2D eigenvalue weighted by Gasteiger charge is -2.54. The summed E-state index contributed by atoms with van der Waals surface area (Å²) in [6, 6.07) is 0. The molecule has 0 saturated heterocycles. The first-order chi connectivity index (χ1) is 15.6. The quantitative estimate of drug-likeness (QED) is 0.374. The summed E-state index contributed by atoms with van der Waals surface area (Å²) in [7, 11) is 0. The normalized spacial score (nSPS) is 50.1. The maximum atomic E-state index is 2.77. The van der Waals surface area contributed by atoms with Gasteiger partial charge in [0.2, 0.25) is 0 Å². The van der Waals surface area contributed by atoms with Crippen LogP contribution >= 0.6 is 0 Å². The Labute approximate surface area is 206 Å². The van der Waals surface area contributed by atoms with E-state index in [-0.39, 0.29) is 0 Å². The summed E-state index contributed by atoms with van der Waals surface area (Å²) in [4.78, 5) is 0. The van der Waals surface area contributed by atoms with Gasteiger partial charge in [0.15, 0.2) is 0 Å². The molecule has 3 fully saturated rings. The number of allylic oxidation sites excluding steroid dienone is 4. The van der Waals surface area contributed by atoms with Crippen molar-refractivity contribution in [2.75, 3.05) is 0 Å². The molecule has 1 spiro atoms. The zero-order chi connectivity index (χ0) is 23.8. The van der Waals surface area contributed by atoms with E-state index in [2.05, 4.69) is 61.5 Å². The van der Waals surface area contributed by atoms with E-state index in [9.17, 15) is 0 Å². The van der Waals surface area contributed by atoms with Gasteiger partial charge in [0.25, 0.3) is 0 Å². The van der Waals surface area contributed by atoms with Crippen LogP contribution in [0.25, 0.3) is 0 Å². The molecule has 5 aliphatic rings. The summed E-state index contributed by atoms with van der Waals surface area (Å²) in [6.07, 6.45) is 18.5. The molecule has 0 aromatic rings. The molecule has 9 unspecified atom stereocenters. The zero-order valence-corrected chi connectivity index (χ0v) is 23.4. The molecule has 0 heterocycles. The molecule has 0 heteroatoms. The SMILES string of the molecule is CCC(C)CC1CC2(CCC3C(=C2C)CC2C4(C)CCC(CC)CC4=CCC32C)[C@H](C)C1C. The van der Waals surface area contributed by atoms with Gasteiger partial charge in [-0.15, -0.1) is 0 Å². The van der Waals surface area contributed by atoms with Gasteiger partial charge < -0.3 is 0 Å². The van der Waals surface area contributed by atoms with Gasteiger partial charge in [-0.2, -0.15) is 0 Å². The van der Waals surface area contributed by atoms with Crippen molar-refractivity contribution in [3.05, 3.63) is 22.8 Å². The van der Waals surface area contributed by atoms with Crippen LogP contribution in [0.2, 0.25) is 0 Å². The van der Waals surface area contributed by atoms with Crippen molar-refractivity contribution in [2.24, 2.45) is 57.7 Å². The van der Waals surface area contributed by atoms with E-state index in [1.165, 1.54) is 70.6 Å². The molecule has 0 radical (unpaired) electrons. The van der Waals surface area contributed by atoms with E-state index in [4.69, 9.17) is 0 Å². The van der Waals surface area contributed by atoms with Crippen molar-refractivity contribution < 1.29 is 0 Å². The van der Waals surface area contributed by atoms with Gasteiger partial charge in [0.05, 0.1) is 0 Å². The Morgan fingerprint density at radius 1 is 1.06 bits per heavy atom. The molecular formula is C33H54. The molecule has 0 aliphatic heterocycles. The highest BCUT2D eigenvalue weighted by atomic mass is 14.7. The van der Waals surface area contributed by atoms with E-state index >= 15 is 0 Å². The van der Waals surface area contributed by atoms with Crippen molar-refractivity contribution in [1.29, 1.82) is 0 Å². The van der Waals surface area contributed by atoms with Gasteiger partial charge in [-0.05, 0) is 122 Å². The molecular weight excluding hydrogens is 396 g/mol. The molecule has 33 heavy (non-hydrogen) atoms. The highest BCUT2D eigenvalue weighted by Crippen LogP contribution is 2.72. The van der Waals surface area contributed by atoms with Gasteiger partial charge >= 0.3 is 0 Å². The molecule has 0 aromatic carbocycles. The smallest absolute Gasteiger partial charge is 0.00569 e. The predicted molar refractivity (Wildman–Crippen MR) is 143 cm³/mol.